The van der Waals surface area contributed by atoms with Gasteiger partial charge >= 0.3 is 11.9 Å². The number of carboxylic acid groups (broad SMARTS) is 1. The molecule has 1 N–H and O–H groups in total. The summed E-state index contributed by atoms with van der Waals surface area (Å²) in [4.78, 5) is 23.1. The minimum absolute atomic E-state index is 0.0123. The lowest BCUT2D eigenvalue weighted by atomic mass is 10.2. The van der Waals surface area contributed by atoms with E-state index in [1.807, 2.05) is 22.6 Å². The Bertz CT molecular complexity index is 898. The molecule has 0 unspecified atom stereocenters. The number of nitrogens with zero attached hydrogens (tertiary/aromatic N) is 2. The first-order valence-electron chi connectivity index (χ1n) is 7.93. The molecule has 0 amide bonds. The van der Waals surface area contributed by atoms with Crippen LogP contribution in [0, 0.1) is 10.5 Å². The largest absolute Gasteiger partial charge is 0.493 e. The Balaban J connectivity index is 2.28. The number of carbonyl (C=O) groups excluding carboxylic acids is 1. The Hall–Kier alpha value is -2.28. The Morgan fingerprint density at radius 3 is 2.68 bits per heavy atom. The predicted octanol–water partition coefficient (Wildman–Crippen LogP) is 3.15. The summed E-state index contributed by atoms with van der Waals surface area (Å²) in [6, 6.07) is 3.30. The number of hydrogen-bond donors (Lipinski definition) is 1. The van der Waals surface area contributed by atoms with Gasteiger partial charge in [0, 0.05) is 6.92 Å². The molecule has 0 atom stereocenters. The third-order valence-electron chi connectivity index (χ3n) is 3.10. The Labute approximate surface area is 178 Å². The number of esters is 1. The van der Waals surface area contributed by atoms with Crippen LogP contribution >= 0.6 is 34.4 Å². The molecule has 1 aromatic carbocycles. The zero-order chi connectivity index (χ0) is 20.7. The molecule has 0 radical (unpaired) electrons. The lowest BCUT2D eigenvalue weighted by Crippen LogP contribution is -2.15. The number of halogens is 1. The van der Waals surface area contributed by atoms with Gasteiger partial charge < -0.3 is 23.7 Å². The highest BCUT2D eigenvalue weighted by atomic mass is 127. The van der Waals surface area contributed by atoms with Crippen LogP contribution in [0.4, 0.5) is 0 Å². The highest BCUT2D eigenvalue weighted by Gasteiger charge is 2.17. The summed E-state index contributed by atoms with van der Waals surface area (Å²) in [5.41, 5.74) is 0.561. The quantitative estimate of drug-likeness (QED) is 0.229. The highest BCUT2D eigenvalue weighted by Crippen LogP contribution is 2.36. The molecule has 1 heterocycles. The molecule has 0 aliphatic carbocycles. The minimum Gasteiger partial charge on any atom is -0.493 e. The maximum absolute atomic E-state index is 11.6. The molecule has 9 nitrogen and oxygen atoms in total. The van der Waals surface area contributed by atoms with Crippen LogP contribution in [-0.2, 0) is 14.3 Å². The summed E-state index contributed by atoms with van der Waals surface area (Å²) in [5, 5.41) is 17.0. The van der Waals surface area contributed by atoms with Crippen LogP contribution in [0.1, 0.15) is 18.4 Å². The van der Waals surface area contributed by atoms with Gasteiger partial charge in [-0.2, -0.15) is 0 Å². The first-order chi connectivity index (χ1) is 13.3. The number of carboxylic acids is 1. The summed E-state index contributed by atoms with van der Waals surface area (Å²) in [5.74, 6) is -0.580. The van der Waals surface area contributed by atoms with Crippen molar-refractivity contribution >= 4 is 52.4 Å². The van der Waals surface area contributed by atoms with E-state index >= 15 is 0 Å². The summed E-state index contributed by atoms with van der Waals surface area (Å²) < 4.78 is 21.5. The number of hydrogen-bond acceptors (Lipinski definition) is 9. The van der Waals surface area contributed by atoms with Crippen LogP contribution in [0.15, 0.2) is 26.7 Å². The SMILES string of the molecule is CCOC(=O)COc1c(I)cc(/C=C(\Sc2nnc(C)o2)C(=O)O)cc1OC. The number of ether oxygens (including phenoxy) is 3. The van der Waals surface area contributed by atoms with Gasteiger partial charge in [0.05, 0.1) is 17.3 Å². The van der Waals surface area contributed by atoms with Crippen molar-refractivity contribution in [3.05, 3.63) is 32.1 Å². The van der Waals surface area contributed by atoms with Gasteiger partial charge in [-0.25, -0.2) is 9.59 Å². The zero-order valence-corrected chi connectivity index (χ0v) is 18.2. The van der Waals surface area contributed by atoms with Crippen LogP contribution < -0.4 is 9.47 Å². The van der Waals surface area contributed by atoms with Gasteiger partial charge in [0.25, 0.3) is 5.22 Å². The van der Waals surface area contributed by atoms with Crippen molar-refractivity contribution in [2.24, 2.45) is 0 Å². The number of benzene rings is 1. The Kier molecular flexibility index (Phi) is 8.11. The third-order valence-corrected chi connectivity index (χ3v) is 4.76. The molecule has 0 aliphatic rings. The van der Waals surface area contributed by atoms with Crippen molar-refractivity contribution in [1.29, 1.82) is 0 Å². The summed E-state index contributed by atoms with van der Waals surface area (Å²) in [6.45, 7) is 3.32. The van der Waals surface area contributed by atoms with Crippen LogP contribution in [-0.4, -0.2) is 47.6 Å². The van der Waals surface area contributed by atoms with Crippen LogP contribution in [0.3, 0.4) is 0 Å². The van der Waals surface area contributed by atoms with Gasteiger partial charge in [0.1, 0.15) is 4.91 Å². The van der Waals surface area contributed by atoms with E-state index in [1.165, 1.54) is 13.2 Å². The summed E-state index contributed by atoms with van der Waals surface area (Å²) in [6.07, 6.45) is 1.45. The van der Waals surface area contributed by atoms with Gasteiger partial charge in [-0.1, -0.05) is 0 Å². The van der Waals surface area contributed by atoms with Crippen molar-refractivity contribution in [3.63, 3.8) is 0 Å². The molecule has 0 spiro atoms. The zero-order valence-electron chi connectivity index (χ0n) is 15.2. The maximum Gasteiger partial charge on any atom is 0.344 e. The van der Waals surface area contributed by atoms with Crippen LogP contribution in [0.2, 0.25) is 0 Å². The molecule has 1 aromatic heterocycles. The fourth-order valence-electron chi connectivity index (χ4n) is 2.00. The highest BCUT2D eigenvalue weighted by molar-refractivity contribution is 14.1. The number of aryl methyl sites for hydroxylation is 1. The minimum atomic E-state index is -1.14. The number of aromatic nitrogens is 2. The van der Waals surface area contributed by atoms with Crippen molar-refractivity contribution in [2.45, 2.75) is 19.1 Å². The van der Waals surface area contributed by atoms with Crippen molar-refractivity contribution < 1.29 is 33.3 Å². The van der Waals surface area contributed by atoms with E-state index in [9.17, 15) is 14.7 Å². The van der Waals surface area contributed by atoms with E-state index in [4.69, 9.17) is 18.6 Å². The molecule has 150 valence electrons. The lowest BCUT2D eigenvalue weighted by molar-refractivity contribution is -0.145. The predicted molar refractivity (Wildman–Crippen MR) is 108 cm³/mol. The van der Waals surface area contributed by atoms with E-state index in [2.05, 4.69) is 10.2 Å². The van der Waals surface area contributed by atoms with Gasteiger partial charge in [0.2, 0.25) is 5.89 Å². The Morgan fingerprint density at radius 1 is 1.36 bits per heavy atom. The van der Waals surface area contributed by atoms with Crippen LogP contribution in [0.25, 0.3) is 6.08 Å². The average Bonchev–Trinajstić information content (AvgIpc) is 3.04. The van der Waals surface area contributed by atoms with Crippen molar-refractivity contribution in [2.75, 3.05) is 20.3 Å². The molecular formula is C17H17IN2O7S. The number of aliphatic carboxylic acids is 1. The Morgan fingerprint density at radius 2 is 2.11 bits per heavy atom. The van der Waals surface area contributed by atoms with E-state index in [1.54, 1.807) is 26.0 Å². The number of methoxy groups -OCH3 is 1. The number of carbonyl (C=O) groups is 2. The normalized spacial score (nSPS) is 11.2. The second-order valence-electron chi connectivity index (χ2n) is 5.13. The third kappa shape index (κ3) is 6.12. The first-order valence-corrected chi connectivity index (χ1v) is 9.82. The number of rotatable bonds is 9. The maximum atomic E-state index is 11.6. The molecule has 0 saturated heterocycles. The second-order valence-corrected chi connectivity index (χ2v) is 7.29. The molecule has 2 rings (SSSR count). The van der Waals surface area contributed by atoms with E-state index in [0.29, 0.717) is 26.5 Å². The van der Waals surface area contributed by atoms with Crippen molar-refractivity contribution in [1.82, 2.24) is 10.2 Å². The van der Waals surface area contributed by atoms with E-state index < -0.39 is 11.9 Å². The van der Waals surface area contributed by atoms with Gasteiger partial charge in [-0.15, -0.1) is 10.2 Å². The second kappa shape index (κ2) is 10.3. The summed E-state index contributed by atoms with van der Waals surface area (Å²) >= 11 is 2.85. The average molecular weight is 520 g/mol. The smallest absolute Gasteiger partial charge is 0.344 e. The molecule has 28 heavy (non-hydrogen) atoms. The fraction of sp³-hybridized carbons (Fsp3) is 0.294. The van der Waals surface area contributed by atoms with Gasteiger partial charge in [0.15, 0.2) is 18.1 Å². The molecule has 0 aliphatic heterocycles. The monoisotopic (exact) mass is 520 g/mol. The standard InChI is InChI=1S/C17H17IN2O7S/c1-4-25-14(21)8-26-15-11(18)5-10(6-12(15)24-3)7-13(16(22)23)28-17-20-19-9(2)27-17/h5-7H,4,8H2,1-3H3,(H,22,23)/b13-7-. The first kappa shape index (κ1) is 22.0. The van der Waals surface area contributed by atoms with E-state index in [-0.39, 0.29) is 23.3 Å². The van der Waals surface area contributed by atoms with Gasteiger partial charge in [-0.3, -0.25) is 0 Å². The van der Waals surface area contributed by atoms with E-state index in [0.717, 1.165) is 11.8 Å². The fourth-order valence-corrected chi connectivity index (χ4v) is 3.49. The topological polar surface area (TPSA) is 121 Å². The molecule has 2 aromatic rings. The molecule has 0 fully saturated rings. The molecule has 11 heteroatoms. The number of thioether (sulfide) groups is 1. The van der Waals surface area contributed by atoms with Gasteiger partial charge in [-0.05, 0) is 65.0 Å². The molecule has 0 bridgehead atoms. The molecule has 0 saturated carbocycles. The lowest BCUT2D eigenvalue weighted by Gasteiger charge is -2.13. The molecular weight excluding hydrogens is 503 g/mol. The van der Waals surface area contributed by atoms with Crippen LogP contribution in [0.5, 0.6) is 11.5 Å². The van der Waals surface area contributed by atoms with Crippen molar-refractivity contribution in [3.8, 4) is 11.5 Å². The summed E-state index contributed by atoms with van der Waals surface area (Å²) in [7, 11) is 1.45.